The van der Waals surface area contributed by atoms with E-state index in [4.69, 9.17) is 5.11 Å². The Kier molecular flexibility index (Phi) is 3.61. The molecule has 100 valence electrons. The molecule has 5 nitrogen and oxygen atoms in total. The average molecular weight is 279 g/mol. The minimum atomic E-state index is -1.08. The number of aryl methyl sites for hydroxylation is 2. The molecule has 1 heterocycles. The summed E-state index contributed by atoms with van der Waals surface area (Å²) in [7, 11) is 0. The van der Waals surface area contributed by atoms with E-state index in [9.17, 15) is 14.4 Å². The number of anilines is 1. The predicted molar refractivity (Wildman–Crippen MR) is 72.4 cm³/mol. The SMILES string of the molecule is Cc1ccc(C)c(N2C(=O)SC(CC(=O)O)C2=O)c1. The van der Waals surface area contributed by atoms with Gasteiger partial charge in [-0.1, -0.05) is 12.1 Å². The van der Waals surface area contributed by atoms with Gasteiger partial charge in [0, 0.05) is 0 Å². The third-order valence-corrected chi connectivity index (χ3v) is 3.92. The van der Waals surface area contributed by atoms with Gasteiger partial charge in [0.25, 0.3) is 5.24 Å². The van der Waals surface area contributed by atoms with Crippen molar-refractivity contribution in [2.45, 2.75) is 25.5 Å². The third kappa shape index (κ3) is 2.63. The molecule has 2 rings (SSSR count). The molecular formula is C13H13NO4S. The van der Waals surface area contributed by atoms with E-state index in [2.05, 4.69) is 0 Å². The fraction of sp³-hybridized carbons (Fsp3) is 0.308. The molecule has 1 saturated heterocycles. The minimum Gasteiger partial charge on any atom is -0.481 e. The maximum Gasteiger partial charge on any atom is 0.305 e. The topological polar surface area (TPSA) is 74.7 Å². The fourth-order valence-corrected chi connectivity index (χ4v) is 2.89. The molecule has 6 heteroatoms. The molecule has 1 unspecified atom stereocenters. The number of hydrogen-bond donors (Lipinski definition) is 1. The van der Waals surface area contributed by atoms with Crippen LogP contribution in [0, 0.1) is 13.8 Å². The lowest BCUT2D eigenvalue weighted by molar-refractivity contribution is -0.138. The first-order valence-electron chi connectivity index (χ1n) is 5.74. The van der Waals surface area contributed by atoms with Crippen LogP contribution in [0.5, 0.6) is 0 Å². The highest BCUT2D eigenvalue weighted by Gasteiger charge is 2.42. The fourth-order valence-electron chi connectivity index (χ4n) is 1.92. The Bertz CT molecular complexity index is 570. The maximum absolute atomic E-state index is 12.1. The Hall–Kier alpha value is -1.82. The molecule has 0 bridgehead atoms. The van der Waals surface area contributed by atoms with Crippen molar-refractivity contribution in [2.75, 3.05) is 4.90 Å². The van der Waals surface area contributed by atoms with Crippen LogP contribution in [-0.4, -0.2) is 27.5 Å². The van der Waals surface area contributed by atoms with Crippen LogP contribution in [-0.2, 0) is 9.59 Å². The molecule has 1 atom stereocenters. The molecule has 0 radical (unpaired) electrons. The Morgan fingerprint density at radius 3 is 2.68 bits per heavy atom. The van der Waals surface area contributed by atoms with Gasteiger partial charge in [-0.2, -0.15) is 0 Å². The summed E-state index contributed by atoms with van der Waals surface area (Å²) in [5.74, 6) is -1.53. The van der Waals surface area contributed by atoms with Crippen molar-refractivity contribution >= 4 is 34.6 Å². The highest BCUT2D eigenvalue weighted by molar-refractivity contribution is 8.15. The molecule has 0 saturated carbocycles. The lowest BCUT2D eigenvalue weighted by Gasteiger charge is -2.16. The molecule has 1 aliphatic rings. The van der Waals surface area contributed by atoms with Crippen LogP contribution in [0.15, 0.2) is 18.2 Å². The van der Waals surface area contributed by atoms with Crippen molar-refractivity contribution in [1.29, 1.82) is 0 Å². The number of carboxylic acids is 1. The number of thioether (sulfide) groups is 1. The first-order valence-corrected chi connectivity index (χ1v) is 6.61. The monoisotopic (exact) mass is 279 g/mol. The quantitative estimate of drug-likeness (QED) is 0.919. The van der Waals surface area contributed by atoms with Gasteiger partial charge in [-0.25, -0.2) is 4.90 Å². The molecule has 0 spiro atoms. The average Bonchev–Trinajstić information content (AvgIpc) is 2.57. The van der Waals surface area contributed by atoms with Crippen molar-refractivity contribution in [2.24, 2.45) is 0 Å². The number of benzene rings is 1. The van der Waals surface area contributed by atoms with Gasteiger partial charge in [-0.15, -0.1) is 0 Å². The summed E-state index contributed by atoms with van der Waals surface area (Å²) in [6.45, 7) is 3.68. The summed E-state index contributed by atoms with van der Waals surface area (Å²) < 4.78 is 0. The molecule has 0 aliphatic carbocycles. The molecule has 0 aromatic heterocycles. The second-order valence-electron chi connectivity index (χ2n) is 4.43. The zero-order valence-electron chi connectivity index (χ0n) is 10.5. The van der Waals surface area contributed by atoms with E-state index in [1.54, 1.807) is 6.07 Å². The van der Waals surface area contributed by atoms with Crippen molar-refractivity contribution in [3.8, 4) is 0 Å². The number of carbonyl (C=O) groups is 3. The first-order chi connectivity index (χ1) is 8.90. The number of nitrogens with zero attached hydrogens (tertiary/aromatic N) is 1. The molecule has 1 aromatic rings. The van der Waals surface area contributed by atoms with E-state index < -0.39 is 22.4 Å². The minimum absolute atomic E-state index is 0.337. The summed E-state index contributed by atoms with van der Waals surface area (Å²) in [6, 6.07) is 5.49. The lowest BCUT2D eigenvalue weighted by Crippen LogP contribution is -2.32. The lowest BCUT2D eigenvalue weighted by atomic mass is 10.1. The maximum atomic E-state index is 12.1. The Balaban J connectivity index is 2.35. The van der Waals surface area contributed by atoms with Crippen LogP contribution in [0.25, 0.3) is 0 Å². The molecule has 1 fully saturated rings. The van der Waals surface area contributed by atoms with Gasteiger partial charge in [-0.05, 0) is 42.8 Å². The summed E-state index contributed by atoms with van der Waals surface area (Å²) >= 11 is 0.776. The van der Waals surface area contributed by atoms with Crippen LogP contribution < -0.4 is 4.90 Å². The molecule has 1 aliphatic heterocycles. The van der Waals surface area contributed by atoms with Crippen molar-refractivity contribution < 1.29 is 19.5 Å². The van der Waals surface area contributed by atoms with E-state index in [0.717, 1.165) is 27.8 Å². The number of imide groups is 1. The highest BCUT2D eigenvalue weighted by Crippen LogP contribution is 2.35. The molecule has 19 heavy (non-hydrogen) atoms. The van der Waals surface area contributed by atoms with Crippen LogP contribution >= 0.6 is 11.8 Å². The Labute approximate surface area is 114 Å². The Morgan fingerprint density at radius 2 is 2.05 bits per heavy atom. The number of rotatable bonds is 3. The Morgan fingerprint density at radius 1 is 1.37 bits per heavy atom. The van der Waals surface area contributed by atoms with Crippen molar-refractivity contribution in [1.82, 2.24) is 0 Å². The van der Waals surface area contributed by atoms with E-state index in [0.29, 0.717) is 5.69 Å². The number of aliphatic carboxylic acids is 1. The number of amides is 2. The summed E-state index contributed by atoms with van der Waals surface area (Å²) in [4.78, 5) is 35.8. The van der Waals surface area contributed by atoms with E-state index in [-0.39, 0.29) is 6.42 Å². The number of carbonyl (C=O) groups excluding carboxylic acids is 2. The summed E-state index contributed by atoms with van der Waals surface area (Å²) in [5, 5.41) is 7.50. The molecular weight excluding hydrogens is 266 g/mol. The highest BCUT2D eigenvalue weighted by atomic mass is 32.2. The first kappa shape index (κ1) is 13.6. The van der Waals surface area contributed by atoms with Gasteiger partial charge < -0.3 is 5.11 Å². The summed E-state index contributed by atoms with van der Waals surface area (Å²) in [6.07, 6.45) is -0.337. The second-order valence-corrected chi connectivity index (χ2v) is 5.59. The van der Waals surface area contributed by atoms with Crippen molar-refractivity contribution in [3.05, 3.63) is 29.3 Å². The zero-order chi connectivity index (χ0) is 14.2. The van der Waals surface area contributed by atoms with Gasteiger partial charge >= 0.3 is 5.97 Å². The number of carboxylic acid groups (broad SMARTS) is 1. The van der Waals surface area contributed by atoms with E-state index in [1.807, 2.05) is 26.0 Å². The zero-order valence-corrected chi connectivity index (χ0v) is 11.4. The third-order valence-electron chi connectivity index (χ3n) is 2.89. The standard InChI is InChI=1S/C13H13NO4S/c1-7-3-4-8(2)9(5-7)14-12(17)10(6-11(15)16)19-13(14)18/h3-5,10H,6H2,1-2H3,(H,15,16). The summed E-state index contributed by atoms with van der Waals surface area (Å²) in [5.41, 5.74) is 2.28. The van der Waals surface area contributed by atoms with Gasteiger partial charge in [0.15, 0.2) is 0 Å². The van der Waals surface area contributed by atoms with Gasteiger partial charge in [-0.3, -0.25) is 14.4 Å². The normalized spacial score (nSPS) is 19.1. The van der Waals surface area contributed by atoms with Crippen LogP contribution in [0.4, 0.5) is 10.5 Å². The molecule has 1 aromatic carbocycles. The number of hydrogen-bond acceptors (Lipinski definition) is 4. The van der Waals surface area contributed by atoms with E-state index >= 15 is 0 Å². The van der Waals surface area contributed by atoms with Gasteiger partial charge in [0.1, 0.15) is 5.25 Å². The largest absolute Gasteiger partial charge is 0.481 e. The molecule has 2 amide bonds. The predicted octanol–water partition coefficient (Wildman–Crippen LogP) is 2.35. The van der Waals surface area contributed by atoms with Gasteiger partial charge in [0.2, 0.25) is 5.91 Å². The molecule has 1 N–H and O–H groups in total. The second kappa shape index (κ2) is 5.05. The smallest absolute Gasteiger partial charge is 0.305 e. The van der Waals surface area contributed by atoms with Gasteiger partial charge in [0.05, 0.1) is 12.1 Å². The van der Waals surface area contributed by atoms with Crippen LogP contribution in [0.2, 0.25) is 0 Å². The van der Waals surface area contributed by atoms with Crippen LogP contribution in [0.3, 0.4) is 0 Å². The van der Waals surface area contributed by atoms with Crippen LogP contribution in [0.1, 0.15) is 17.5 Å². The van der Waals surface area contributed by atoms with Crippen molar-refractivity contribution in [3.63, 3.8) is 0 Å². The van der Waals surface area contributed by atoms with E-state index in [1.165, 1.54) is 0 Å².